The summed E-state index contributed by atoms with van der Waals surface area (Å²) >= 11 is 0. The van der Waals surface area contributed by atoms with E-state index in [1.807, 2.05) is 0 Å². The smallest absolute Gasteiger partial charge is 0.255 e. The van der Waals surface area contributed by atoms with Crippen molar-refractivity contribution in [2.45, 2.75) is 43.0 Å². The molecule has 2 aromatic rings. The number of carbonyl (C=O) groups excluding carboxylic acids is 1. The monoisotopic (exact) mass is 388 g/mol. The van der Waals surface area contributed by atoms with Crippen LogP contribution >= 0.6 is 0 Å². The van der Waals surface area contributed by atoms with Gasteiger partial charge in [-0.25, -0.2) is 8.42 Å². The fourth-order valence-corrected chi connectivity index (χ4v) is 4.84. The molecule has 1 amide bonds. The van der Waals surface area contributed by atoms with Crippen molar-refractivity contribution in [1.29, 1.82) is 0 Å². The van der Waals surface area contributed by atoms with Crippen molar-refractivity contribution >= 4 is 21.6 Å². The van der Waals surface area contributed by atoms with E-state index in [2.05, 4.69) is 5.32 Å². The topological polar surface area (TPSA) is 86.7 Å². The first kappa shape index (κ1) is 19.4. The second kappa shape index (κ2) is 8.10. The van der Waals surface area contributed by atoms with Crippen LogP contribution in [0.1, 0.15) is 42.5 Å². The van der Waals surface area contributed by atoms with Gasteiger partial charge in [-0.2, -0.15) is 4.31 Å². The molecule has 0 radical (unpaired) electrons. The van der Waals surface area contributed by atoms with Crippen LogP contribution in [0.15, 0.2) is 53.4 Å². The van der Waals surface area contributed by atoms with Gasteiger partial charge in [0.05, 0.1) is 10.6 Å². The molecule has 1 aliphatic rings. The van der Waals surface area contributed by atoms with Gasteiger partial charge in [-0.15, -0.1) is 0 Å². The lowest BCUT2D eigenvalue weighted by molar-refractivity contribution is 0.102. The van der Waals surface area contributed by atoms with Crippen molar-refractivity contribution in [2.24, 2.45) is 0 Å². The van der Waals surface area contributed by atoms with Crippen molar-refractivity contribution < 1.29 is 18.3 Å². The maximum Gasteiger partial charge on any atom is 0.255 e. The highest BCUT2D eigenvalue weighted by Crippen LogP contribution is 2.27. The van der Waals surface area contributed by atoms with Gasteiger partial charge in [0.2, 0.25) is 10.0 Å². The zero-order valence-corrected chi connectivity index (χ0v) is 16.1. The van der Waals surface area contributed by atoms with Crippen molar-refractivity contribution in [3.05, 3.63) is 54.1 Å². The number of sulfonamides is 1. The molecule has 0 aromatic heterocycles. The molecule has 27 heavy (non-hydrogen) atoms. The molecule has 0 saturated heterocycles. The van der Waals surface area contributed by atoms with E-state index >= 15 is 0 Å². The molecule has 7 heteroatoms. The minimum absolute atomic E-state index is 0.00231. The normalized spacial score (nSPS) is 15.6. The predicted molar refractivity (Wildman–Crippen MR) is 104 cm³/mol. The maximum absolute atomic E-state index is 13.0. The van der Waals surface area contributed by atoms with Crippen LogP contribution in [0.5, 0.6) is 5.75 Å². The van der Waals surface area contributed by atoms with Crippen LogP contribution in [0.3, 0.4) is 0 Å². The number of carbonyl (C=O) groups is 1. The lowest BCUT2D eigenvalue weighted by Gasteiger charge is -2.30. The lowest BCUT2D eigenvalue weighted by atomic mass is 9.96. The summed E-state index contributed by atoms with van der Waals surface area (Å²) in [6, 6.07) is 12.4. The molecule has 1 saturated carbocycles. The maximum atomic E-state index is 13.0. The highest BCUT2D eigenvalue weighted by atomic mass is 32.2. The second-order valence-electron chi connectivity index (χ2n) is 6.81. The molecule has 6 nitrogen and oxygen atoms in total. The average molecular weight is 388 g/mol. The summed E-state index contributed by atoms with van der Waals surface area (Å²) in [5.74, 6) is -0.527. The number of aromatic hydroxyl groups is 1. The SMILES string of the molecule is CN(C1CCCCC1)S(=O)(=O)c1cccc(C(=O)Nc2ccccc2O)c1. The summed E-state index contributed by atoms with van der Waals surface area (Å²) in [5, 5.41) is 12.4. The number of rotatable bonds is 5. The fraction of sp³-hybridized carbons (Fsp3) is 0.350. The number of phenolic OH excluding ortho intramolecular Hbond substituents is 1. The zero-order valence-electron chi connectivity index (χ0n) is 15.3. The molecule has 2 aromatic carbocycles. The van der Waals surface area contributed by atoms with Crippen LogP contribution in [0.2, 0.25) is 0 Å². The number of amides is 1. The van der Waals surface area contributed by atoms with Crippen molar-refractivity contribution in [2.75, 3.05) is 12.4 Å². The number of nitrogens with zero attached hydrogens (tertiary/aromatic N) is 1. The highest BCUT2D eigenvalue weighted by Gasteiger charge is 2.29. The van der Waals surface area contributed by atoms with E-state index in [1.165, 1.54) is 22.5 Å². The largest absolute Gasteiger partial charge is 0.506 e. The quantitative estimate of drug-likeness (QED) is 0.766. The molecule has 0 bridgehead atoms. The Morgan fingerprint density at radius 1 is 1.07 bits per heavy atom. The molecule has 0 atom stereocenters. The summed E-state index contributed by atoms with van der Waals surface area (Å²) in [4.78, 5) is 12.6. The second-order valence-corrected chi connectivity index (χ2v) is 8.81. The molecule has 0 unspecified atom stereocenters. The Morgan fingerprint density at radius 3 is 2.48 bits per heavy atom. The Morgan fingerprint density at radius 2 is 1.78 bits per heavy atom. The van der Waals surface area contributed by atoms with Gasteiger partial charge in [0.1, 0.15) is 5.75 Å². The summed E-state index contributed by atoms with van der Waals surface area (Å²) in [6.07, 6.45) is 4.94. The molecule has 1 aliphatic carbocycles. The molecule has 144 valence electrons. The number of phenols is 1. The van der Waals surface area contributed by atoms with Crippen molar-refractivity contribution in [3.63, 3.8) is 0 Å². The number of hydrogen-bond donors (Lipinski definition) is 2. The number of anilines is 1. The Balaban J connectivity index is 1.82. The Hall–Kier alpha value is -2.38. The molecular formula is C20H24N2O4S. The van der Waals surface area contributed by atoms with Gasteiger partial charge in [0, 0.05) is 18.7 Å². The summed E-state index contributed by atoms with van der Waals surface area (Å²) in [5.41, 5.74) is 0.492. The van der Waals surface area contributed by atoms with E-state index in [9.17, 15) is 18.3 Å². The van der Waals surface area contributed by atoms with E-state index in [4.69, 9.17) is 0 Å². The van der Waals surface area contributed by atoms with E-state index < -0.39 is 15.9 Å². The molecule has 0 aliphatic heterocycles. The van der Waals surface area contributed by atoms with Gasteiger partial charge in [-0.1, -0.05) is 37.5 Å². The van der Waals surface area contributed by atoms with E-state index in [-0.39, 0.29) is 27.9 Å². The third-order valence-corrected chi connectivity index (χ3v) is 6.92. The predicted octanol–water partition coefficient (Wildman–Crippen LogP) is 3.60. The van der Waals surface area contributed by atoms with Gasteiger partial charge in [0.15, 0.2) is 0 Å². The van der Waals surface area contributed by atoms with Gasteiger partial charge in [0.25, 0.3) is 5.91 Å². The van der Waals surface area contributed by atoms with E-state index in [1.54, 1.807) is 37.4 Å². The third-order valence-electron chi connectivity index (χ3n) is 5.01. The molecule has 2 N–H and O–H groups in total. The Kier molecular flexibility index (Phi) is 5.82. The summed E-state index contributed by atoms with van der Waals surface area (Å²) in [7, 11) is -2.06. The number of benzene rings is 2. The zero-order chi connectivity index (χ0) is 19.4. The molecule has 1 fully saturated rings. The molecule has 3 rings (SSSR count). The fourth-order valence-electron chi connectivity index (χ4n) is 3.38. The first-order valence-electron chi connectivity index (χ1n) is 9.07. The number of para-hydroxylation sites is 2. The molecular weight excluding hydrogens is 364 g/mol. The lowest BCUT2D eigenvalue weighted by Crippen LogP contribution is -2.38. The van der Waals surface area contributed by atoms with Crippen LogP contribution in [0.25, 0.3) is 0 Å². The third kappa shape index (κ3) is 4.31. The van der Waals surface area contributed by atoms with Gasteiger partial charge >= 0.3 is 0 Å². The number of nitrogens with one attached hydrogen (secondary N) is 1. The molecule has 0 spiro atoms. The highest BCUT2D eigenvalue weighted by molar-refractivity contribution is 7.89. The van der Waals surface area contributed by atoms with Gasteiger partial charge < -0.3 is 10.4 Å². The van der Waals surface area contributed by atoms with Gasteiger partial charge in [-0.05, 0) is 43.2 Å². The van der Waals surface area contributed by atoms with Crippen LogP contribution in [-0.4, -0.2) is 36.8 Å². The van der Waals surface area contributed by atoms with Crippen molar-refractivity contribution in [1.82, 2.24) is 4.31 Å². The summed E-state index contributed by atoms with van der Waals surface area (Å²) in [6.45, 7) is 0. The number of hydrogen-bond acceptors (Lipinski definition) is 4. The van der Waals surface area contributed by atoms with Crippen LogP contribution in [0, 0.1) is 0 Å². The minimum atomic E-state index is -3.67. The molecule has 0 heterocycles. The van der Waals surface area contributed by atoms with E-state index in [0.29, 0.717) is 0 Å². The van der Waals surface area contributed by atoms with E-state index in [0.717, 1.165) is 32.1 Å². The van der Waals surface area contributed by atoms with Crippen molar-refractivity contribution in [3.8, 4) is 5.75 Å². The summed E-state index contributed by atoms with van der Waals surface area (Å²) < 4.78 is 27.4. The first-order chi connectivity index (χ1) is 12.9. The van der Waals surface area contributed by atoms with Crippen LogP contribution < -0.4 is 5.32 Å². The first-order valence-corrected chi connectivity index (χ1v) is 10.5. The average Bonchev–Trinajstić information content (AvgIpc) is 2.70. The van der Waals surface area contributed by atoms with Gasteiger partial charge in [-0.3, -0.25) is 4.79 Å². The minimum Gasteiger partial charge on any atom is -0.506 e. The Bertz CT molecular complexity index is 921. The van der Waals surface area contributed by atoms with Crippen LogP contribution in [-0.2, 0) is 10.0 Å². The Labute approximate surface area is 159 Å². The van der Waals surface area contributed by atoms with Crippen LogP contribution in [0.4, 0.5) is 5.69 Å². The standard InChI is InChI=1S/C20H24N2O4S/c1-22(16-9-3-2-4-10-16)27(25,26)17-11-7-8-15(14-17)20(24)21-18-12-5-6-13-19(18)23/h5-8,11-14,16,23H,2-4,9-10H2,1H3,(H,21,24).